The third-order valence-corrected chi connectivity index (χ3v) is 4.52. The maximum absolute atomic E-state index is 13.4. The van der Waals surface area contributed by atoms with E-state index in [1.54, 1.807) is 6.92 Å². The lowest BCUT2D eigenvalue weighted by atomic mass is 10.1. The summed E-state index contributed by atoms with van der Waals surface area (Å²) in [6.07, 6.45) is 0. The highest BCUT2D eigenvalue weighted by Gasteiger charge is 2.22. The van der Waals surface area contributed by atoms with E-state index in [1.165, 1.54) is 23.7 Å². The van der Waals surface area contributed by atoms with Gasteiger partial charge in [-0.2, -0.15) is 10.4 Å². The number of nitrogens with zero attached hydrogens (tertiary/aromatic N) is 3. The first-order chi connectivity index (χ1) is 9.72. The van der Waals surface area contributed by atoms with Gasteiger partial charge in [0.1, 0.15) is 10.7 Å². The van der Waals surface area contributed by atoms with E-state index >= 15 is 0 Å². The van der Waals surface area contributed by atoms with Crippen LogP contribution >= 0.6 is 10.7 Å². The quantitative estimate of drug-likeness (QED) is 0.812. The second-order valence-electron chi connectivity index (χ2n) is 4.56. The molecule has 8 heteroatoms. The van der Waals surface area contributed by atoms with E-state index in [4.69, 9.17) is 15.9 Å². The van der Waals surface area contributed by atoms with Crippen molar-refractivity contribution in [3.63, 3.8) is 0 Å². The standard InChI is InChI=1S/C13H11ClFN3O2S/c1-8-13(21(14,19)20)9(2)18(17-8)7-11-3-10(6-16)4-12(15)5-11/h3-5H,7H2,1-2H3. The molecule has 0 aliphatic heterocycles. The summed E-state index contributed by atoms with van der Waals surface area (Å²) in [4.78, 5) is -0.0407. The minimum atomic E-state index is -3.89. The largest absolute Gasteiger partial charge is 0.264 e. The van der Waals surface area contributed by atoms with Crippen LogP contribution in [0.15, 0.2) is 23.1 Å². The number of benzene rings is 1. The molecule has 0 radical (unpaired) electrons. The Morgan fingerprint density at radius 3 is 2.57 bits per heavy atom. The maximum Gasteiger partial charge on any atom is 0.264 e. The first-order valence-corrected chi connectivity index (χ1v) is 8.21. The summed E-state index contributed by atoms with van der Waals surface area (Å²) in [5.41, 5.74) is 1.34. The molecule has 1 aromatic heterocycles. The van der Waals surface area contributed by atoms with Gasteiger partial charge in [-0.05, 0) is 37.6 Å². The van der Waals surface area contributed by atoms with Crippen LogP contribution in [0.2, 0.25) is 0 Å². The third kappa shape index (κ3) is 3.23. The van der Waals surface area contributed by atoms with Crippen molar-refractivity contribution in [2.75, 3.05) is 0 Å². The highest BCUT2D eigenvalue weighted by atomic mass is 35.7. The summed E-state index contributed by atoms with van der Waals surface area (Å²) in [5, 5.41) is 12.9. The van der Waals surface area contributed by atoms with Crippen molar-refractivity contribution < 1.29 is 12.8 Å². The van der Waals surface area contributed by atoms with E-state index in [9.17, 15) is 12.8 Å². The molecule has 0 bridgehead atoms. The Hall–Kier alpha value is -1.91. The Balaban J connectivity index is 2.47. The van der Waals surface area contributed by atoms with Crippen LogP contribution in [0.3, 0.4) is 0 Å². The van der Waals surface area contributed by atoms with Crippen LogP contribution in [0.5, 0.6) is 0 Å². The summed E-state index contributed by atoms with van der Waals surface area (Å²) in [7, 11) is 1.48. The molecule has 0 aliphatic carbocycles. The van der Waals surface area contributed by atoms with Crippen molar-refractivity contribution in [1.29, 1.82) is 5.26 Å². The molecule has 0 saturated heterocycles. The normalized spacial score (nSPS) is 11.4. The molecule has 0 unspecified atom stereocenters. The van der Waals surface area contributed by atoms with Crippen molar-refractivity contribution >= 4 is 19.7 Å². The lowest BCUT2D eigenvalue weighted by Gasteiger charge is -2.06. The predicted octanol–water partition coefficient (Wildman–Crippen LogP) is 2.49. The van der Waals surface area contributed by atoms with Crippen molar-refractivity contribution in [3.05, 3.63) is 46.5 Å². The molecule has 0 atom stereocenters. The molecule has 0 fully saturated rings. The first-order valence-electron chi connectivity index (χ1n) is 5.90. The Kier molecular flexibility index (Phi) is 4.03. The zero-order valence-electron chi connectivity index (χ0n) is 11.3. The smallest absolute Gasteiger partial charge is 0.264 e. The van der Waals surface area contributed by atoms with E-state index in [2.05, 4.69) is 5.10 Å². The Morgan fingerprint density at radius 2 is 2.05 bits per heavy atom. The molecule has 0 saturated carbocycles. The zero-order chi connectivity index (χ0) is 15.8. The number of hydrogen-bond donors (Lipinski definition) is 0. The van der Waals surface area contributed by atoms with Gasteiger partial charge in [-0.15, -0.1) is 0 Å². The lowest BCUT2D eigenvalue weighted by molar-refractivity contribution is 0.605. The fourth-order valence-corrected chi connectivity index (χ4v) is 3.69. The highest BCUT2D eigenvalue weighted by molar-refractivity contribution is 8.13. The second-order valence-corrected chi connectivity index (χ2v) is 7.06. The fraction of sp³-hybridized carbons (Fsp3) is 0.231. The Bertz CT molecular complexity index is 853. The molecule has 0 amide bonds. The van der Waals surface area contributed by atoms with Gasteiger partial charge in [-0.3, -0.25) is 4.68 Å². The molecular formula is C13H11ClFN3O2S. The van der Waals surface area contributed by atoms with Crippen LogP contribution in [0.25, 0.3) is 0 Å². The summed E-state index contributed by atoms with van der Waals surface area (Å²) in [6, 6.07) is 5.78. The van der Waals surface area contributed by atoms with Gasteiger partial charge < -0.3 is 0 Å². The van der Waals surface area contributed by atoms with Crippen LogP contribution in [-0.4, -0.2) is 18.2 Å². The molecule has 0 spiro atoms. The van der Waals surface area contributed by atoms with Gasteiger partial charge in [0.15, 0.2) is 0 Å². The molecule has 0 aliphatic rings. The number of aryl methyl sites for hydroxylation is 1. The van der Waals surface area contributed by atoms with Crippen molar-refractivity contribution in [1.82, 2.24) is 9.78 Å². The second kappa shape index (κ2) is 5.47. The van der Waals surface area contributed by atoms with Crippen molar-refractivity contribution in [3.8, 4) is 6.07 Å². The van der Waals surface area contributed by atoms with Gasteiger partial charge in [-0.1, -0.05) is 0 Å². The average Bonchev–Trinajstić information content (AvgIpc) is 2.62. The molecule has 2 rings (SSSR count). The van der Waals surface area contributed by atoms with Crippen molar-refractivity contribution in [2.24, 2.45) is 0 Å². The maximum atomic E-state index is 13.4. The molecule has 0 N–H and O–H groups in total. The summed E-state index contributed by atoms with van der Waals surface area (Å²) in [6.45, 7) is 3.25. The van der Waals surface area contributed by atoms with E-state index in [0.717, 1.165) is 6.07 Å². The third-order valence-electron chi connectivity index (χ3n) is 2.98. The van der Waals surface area contributed by atoms with E-state index in [-0.39, 0.29) is 22.7 Å². The number of halogens is 2. The van der Waals surface area contributed by atoms with Crippen LogP contribution < -0.4 is 0 Å². The van der Waals surface area contributed by atoms with Gasteiger partial charge in [0.05, 0.1) is 29.6 Å². The topological polar surface area (TPSA) is 75.8 Å². The Morgan fingerprint density at radius 1 is 1.38 bits per heavy atom. The van der Waals surface area contributed by atoms with Crippen LogP contribution in [0.1, 0.15) is 22.5 Å². The SMILES string of the molecule is Cc1nn(Cc2cc(F)cc(C#N)c2)c(C)c1S(=O)(=O)Cl. The van der Waals surface area contributed by atoms with Gasteiger partial charge in [0.2, 0.25) is 0 Å². The van der Waals surface area contributed by atoms with E-state index in [1.807, 2.05) is 6.07 Å². The molecule has 21 heavy (non-hydrogen) atoms. The number of hydrogen-bond acceptors (Lipinski definition) is 4. The average molecular weight is 328 g/mol. The van der Waals surface area contributed by atoms with Gasteiger partial charge >= 0.3 is 0 Å². The van der Waals surface area contributed by atoms with Gasteiger partial charge in [0.25, 0.3) is 9.05 Å². The summed E-state index contributed by atoms with van der Waals surface area (Å²) >= 11 is 0. The molecule has 110 valence electrons. The molecule has 1 aromatic carbocycles. The van der Waals surface area contributed by atoms with Gasteiger partial charge in [0, 0.05) is 10.7 Å². The number of nitriles is 1. The predicted molar refractivity (Wildman–Crippen MR) is 75.0 cm³/mol. The monoisotopic (exact) mass is 327 g/mol. The molecule has 1 heterocycles. The van der Waals surface area contributed by atoms with Crippen LogP contribution in [0, 0.1) is 31.0 Å². The minimum absolute atomic E-state index is 0.0407. The van der Waals surface area contributed by atoms with E-state index in [0.29, 0.717) is 11.3 Å². The first kappa shape index (κ1) is 15.5. The summed E-state index contributed by atoms with van der Waals surface area (Å²) < 4.78 is 37.8. The zero-order valence-corrected chi connectivity index (χ0v) is 12.8. The lowest BCUT2D eigenvalue weighted by Crippen LogP contribution is -2.05. The van der Waals surface area contributed by atoms with E-state index < -0.39 is 14.9 Å². The van der Waals surface area contributed by atoms with Crippen LogP contribution in [0.4, 0.5) is 4.39 Å². The van der Waals surface area contributed by atoms with Gasteiger partial charge in [-0.25, -0.2) is 12.8 Å². The minimum Gasteiger partial charge on any atom is -0.264 e. The molecular weight excluding hydrogens is 317 g/mol. The number of aromatic nitrogens is 2. The Labute approximate surface area is 126 Å². The summed E-state index contributed by atoms with van der Waals surface area (Å²) in [5.74, 6) is -0.532. The highest BCUT2D eigenvalue weighted by Crippen LogP contribution is 2.24. The molecule has 2 aromatic rings. The molecule has 5 nitrogen and oxygen atoms in total. The fourth-order valence-electron chi connectivity index (χ4n) is 2.17. The van der Waals surface area contributed by atoms with Crippen LogP contribution in [-0.2, 0) is 15.6 Å². The van der Waals surface area contributed by atoms with Crippen molar-refractivity contribution in [2.45, 2.75) is 25.3 Å². The number of rotatable bonds is 3.